The Morgan fingerprint density at radius 3 is 1.62 bits per heavy atom. The van der Waals surface area contributed by atoms with Crippen LogP contribution in [0.1, 0.15) is 61.4 Å². The normalized spacial score (nSPS) is 16.3. The molecule has 4 heteroatoms. The second-order valence-electron chi connectivity index (χ2n) is 7.05. The van der Waals surface area contributed by atoms with Gasteiger partial charge in [0.1, 0.15) is 0 Å². The minimum Gasteiger partial charge on any atom is -0.352 e. The third-order valence-corrected chi connectivity index (χ3v) is 6.19. The SMILES string of the molecule is CC1=C(C)N(C)C(C)=C(C)C1c1c(C)c(C)c(C)c(C)c1[N+](=O)[O-]. The summed E-state index contributed by atoms with van der Waals surface area (Å²) in [6.07, 6.45) is 0. The first-order chi connectivity index (χ1) is 11.0. The second kappa shape index (κ2) is 6.08. The summed E-state index contributed by atoms with van der Waals surface area (Å²) in [6, 6.07) is 0. The summed E-state index contributed by atoms with van der Waals surface area (Å²) in [4.78, 5) is 13.9. The third kappa shape index (κ3) is 2.45. The van der Waals surface area contributed by atoms with Crippen molar-refractivity contribution >= 4 is 5.69 Å². The van der Waals surface area contributed by atoms with Gasteiger partial charge in [0.25, 0.3) is 5.69 Å². The van der Waals surface area contributed by atoms with Crippen LogP contribution < -0.4 is 0 Å². The van der Waals surface area contributed by atoms with Gasteiger partial charge in [-0.1, -0.05) is 0 Å². The summed E-state index contributed by atoms with van der Waals surface area (Å²) in [6.45, 7) is 16.3. The molecule has 0 atom stereocenters. The van der Waals surface area contributed by atoms with Crippen LogP contribution in [0.5, 0.6) is 0 Å². The highest BCUT2D eigenvalue weighted by Gasteiger charge is 2.35. The molecule has 0 fully saturated rings. The van der Waals surface area contributed by atoms with E-state index in [0.29, 0.717) is 0 Å². The van der Waals surface area contributed by atoms with E-state index in [9.17, 15) is 10.1 Å². The lowest BCUT2D eigenvalue weighted by atomic mass is 9.76. The largest absolute Gasteiger partial charge is 0.352 e. The Labute approximate surface area is 145 Å². The molecule has 0 spiro atoms. The summed E-state index contributed by atoms with van der Waals surface area (Å²) in [5.41, 5.74) is 9.87. The van der Waals surface area contributed by atoms with Crippen molar-refractivity contribution in [2.24, 2.45) is 0 Å². The zero-order valence-corrected chi connectivity index (χ0v) is 16.3. The Morgan fingerprint density at radius 1 is 0.792 bits per heavy atom. The molecule has 2 rings (SSSR count). The van der Waals surface area contributed by atoms with Gasteiger partial charge in [0, 0.05) is 35.5 Å². The molecule has 4 nitrogen and oxygen atoms in total. The summed E-state index contributed by atoms with van der Waals surface area (Å²) in [5, 5.41) is 11.9. The lowest BCUT2D eigenvalue weighted by Crippen LogP contribution is -2.25. The first-order valence-electron chi connectivity index (χ1n) is 8.35. The number of nitrogens with zero attached hydrogens (tertiary/aromatic N) is 2. The number of allylic oxidation sites excluding steroid dienone is 4. The molecule has 0 N–H and O–H groups in total. The van der Waals surface area contributed by atoms with Gasteiger partial charge >= 0.3 is 0 Å². The first kappa shape index (κ1) is 18.2. The molecule has 0 unspecified atom stereocenters. The summed E-state index contributed by atoms with van der Waals surface area (Å²) >= 11 is 0. The predicted molar refractivity (Wildman–Crippen MR) is 99.3 cm³/mol. The van der Waals surface area contributed by atoms with Crippen LogP contribution in [0.3, 0.4) is 0 Å². The molecule has 24 heavy (non-hydrogen) atoms. The fourth-order valence-corrected chi connectivity index (χ4v) is 3.87. The molecule has 0 amide bonds. The van der Waals surface area contributed by atoms with Gasteiger partial charge in [0.15, 0.2) is 0 Å². The fraction of sp³-hybridized carbons (Fsp3) is 0.500. The highest BCUT2D eigenvalue weighted by Crippen LogP contribution is 2.47. The number of hydrogen-bond acceptors (Lipinski definition) is 3. The van der Waals surface area contributed by atoms with Crippen molar-refractivity contribution in [3.8, 4) is 0 Å². The molecule has 1 aromatic rings. The Kier molecular flexibility index (Phi) is 4.62. The highest BCUT2D eigenvalue weighted by atomic mass is 16.6. The maximum absolute atomic E-state index is 11.9. The van der Waals surface area contributed by atoms with Crippen LogP contribution in [0.2, 0.25) is 0 Å². The van der Waals surface area contributed by atoms with E-state index in [2.05, 4.69) is 46.6 Å². The Balaban J connectivity index is 2.94. The zero-order chi connectivity index (χ0) is 18.5. The number of rotatable bonds is 2. The van der Waals surface area contributed by atoms with E-state index in [-0.39, 0.29) is 16.5 Å². The molecule has 0 radical (unpaired) electrons. The van der Waals surface area contributed by atoms with Crippen LogP contribution in [0.15, 0.2) is 22.5 Å². The molecule has 1 heterocycles. The molecule has 0 saturated heterocycles. The lowest BCUT2D eigenvalue weighted by Gasteiger charge is -2.36. The molecular weight excluding hydrogens is 300 g/mol. The van der Waals surface area contributed by atoms with E-state index < -0.39 is 0 Å². The van der Waals surface area contributed by atoms with Crippen molar-refractivity contribution in [3.63, 3.8) is 0 Å². The summed E-state index contributed by atoms with van der Waals surface area (Å²) in [5.74, 6) is -0.0281. The van der Waals surface area contributed by atoms with Gasteiger partial charge in [-0.15, -0.1) is 0 Å². The Hall–Kier alpha value is -2.10. The van der Waals surface area contributed by atoms with Crippen LogP contribution in [-0.2, 0) is 0 Å². The molecular formula is C20H28N2O2. The Bertz CT molecular complexity index is 775. The third-order valence-electron chi connectivity index (χ3n) is 6.19. The van der Waals surface area contributed by atoms with Crippen LogP contribution in [0, 0.1) is 37.8 Å². The van der Waals surface area contributed by atoms with Crippen LogP contribution in [0.4, 0.5) is 5.69 Å². The maximum atomic E-state index is 11.9. The van der Waals surface area contributed by atoms with Gasteiger partial charge in [0.05, 0.1) is 4.92 Å². The number of hydrogen-bond donors (Lipinski definition) is 0. The van der Waals surface area contributed by atoms with E-state index in [1.807, 2.05) is 20.8 Å². The molecule has 0 bridgehead atoms. The average Bonchev–Trinajstić information content (AvgIpc) is 2.53. The van der Waals surface area contributed by atoms with E-state index in [4.69, 9.17) is 0 Å². The Morgan fingerprint density at radius 2 is 1.21 bits per heavy atom. The van der Waals surface area contributed by atoms with Gasteiger partial charge in [-0.05, 0) is 83.2 Å². The van der Waals surface area contributed by atoms with Gasteiger partial charge in [0.2, 0.25) is 0 Å². The quantitative estimate of drug-likeness (QED) is 0.536. The minimum atomic E-state index is -0.201. The van der Waals surface area contributed by atoms with Crippen molar-refractivity contribution in [1.82, 2.24) is 4.90 Å². The maximum Gasteiger partial charge on any atom is 0.276 e. The number of benzene rings is 1. The molecule has 1 aromatic carbocycles. The van der Waals surface area contributed by atoms with Gasteiger partial charge < -0.3 is 4.90 Å². The highest BCUT2D eigenvalue weighted by molar-refractivity contribution is 5.64. The average molecular weight is 328 g/mol. The predicted octanol–water partition coefficient (Wildman–Crippen LogP) is 5.45. The van der Waals surface area contributed by atoms with Crippen LogP contribution >= 0.6 is 0 Å². The zero-order valence-electron chi connectivity index (χ0n) is 16.3. The summed E-state index contributed by atoms with van der Waals surface area (Å²) in [7, 11) is 2.06. The van der Waals surface area contributed by atoms with Crippen LogP contribution in [-0.4, -0.2) is 16.9 Å². The summed E-state index contributed by atoms with van der Waals surface area (Å²) < 4.78 is 0. The van der Waals surface area contributed by atoms with Gasteiger partial charge in [-0.2, -0.15) is 0 Å². The lowest BCUT2D eigenvalue weighted by molar-refractivity contribution is -0.386. The number of nitro groups is 1. The van der Waals surface area contributed by atoms with Crippen LogP contribution in [0.25, 0.3) is 0 Å². The molecule has 1 aliphatic heterocycles. The fourth-order valence-electron chi connectivity index (χ4n) is 3.87. The topological polar surface area (TPSA) is 46.4 Å². The van der Waals surface area contributed by atoms with E-state index in [1.54, 1.807) is 0 Å². The molecule has 0 aromatic heterocycles. The van der Waals surface area contributed by atoms with E-state index >= 15 is 0 Å². The van der Waals surface area contributed by atoms with Gasteiger partial charge in [-0.3, -0.25) is 10.1 Å². The minimum absolute atomic E-state index is 0.0281. The smallest absolute Gasteiger partial charge is 0.276 e. The van der Waals surface area contributed by atoms with Crippen molar-refractivity contribution < 1.29 is 4.92 Å². The van der Waals surface area contributed by atoms with Crippen molar-refractivity contribution in [1.29, 1.82) is 0 Å². The molecule has 0 saturated carbocycles. The van der Waals surface area contributed by atoms with Crippen molar-refractivity contribution in [3.05, 3.63) is 60.5 Å². The second-order valence-corrected chi connectivity index (χ2v) is 7.05. The van der Waals surface area contributed by atoms with E-state index in [1.165, 1.54) is 22.5 Å². The van der Waals surface area contributed by atoms with Crippen molar-refractivity contribution in [2.45, 2.75) is 61.3 Å². The van der Waals surface area contributed by atoms with E-state index in [0.717, 1.165) is 27.8 Å². The molecule has 0 aliphatic carbocycles. The molecule has 1 aliphatic rings. The van der Waals surface area contributed by atoms with Crippen molar-refractivity contribution in [2.75, 3.05) is 7.05 Å². The standard InChI is InChI=1S/C20H28N2O2/c1-10-11(2)13(4)20(22(23)24)19(12(10)3)18-14(5)16(7)21(9)17(8)15(18)6/h18H,1-9H3. The first-order valence-corrected chi connectivity index (χ1v) is 8.35. The van der Waals surface area contributed by atoms with Gasteiger partial charge in [-0.25, -0.2) is 0 Å². The monoisotopic (exact) mass is 328 g/mol. The molecule has 130 valence electrons. The number of nitro benzene ring substituents is 1.